The fourth-order valence-electron chi connectivity index (χ4n) is 3.32. The molecule has 0 saturated carbocycles. The van der Waals surface area contributed by atoms with Gasteiger partial charge in [0.05, 0.1) is 0 Å². The van der Waals surface area contributed by atoms with Gasteiger partial charge in [0.2, 0.25) is 5.91 Å². The maximum Gasteiger partial charge on any atom is 0.261 e. The summed E-state index contributed by atoms with van der Waals surface area (Å²) in [6, 6.07) is 21.4. The van der Waals surface area contributed by atoms with Crippen LogP contribution in [-0.2, 0) is 22.6 Å². The highest BCUT2D eigenvalue weighted by atomic mass is 35.5. The smallest absolute Gasteiger partial charge is 0.261 e. The Kier molecular flexibility index (Phi) is 8.22. The summed E-state index contributed by atoms with van der Waals surface area (Å²) in [5.41, 5.74) is 1.19. The summed E-state index contributed by atoms with van der Waals surface area (Å²) in [6.45, 7) is -0.396. The lowest BCUT2D eigenvalue weighted by Crippen LogP contribution is -2.51. The van der Waals surface area contributed by atoms with Gasteiger partial charge in [-0.3, -0.25) is 9.59 Å². The minimum atomic E-state index is -0.850. The van der Waals surface area contributed by atoms with Crippen molar-refractivity contribution in [3.8, 4) is 5.75 Å². The quantitative estimate of drug-likeness (QED) is 0.526. The topological polar surface area (TPSA) is 58.6 Å². The second-order valence-corrected chi connectivity index (χ2v) is 7.62. The van der Waals surface area contributed by atoms with Gasteiger partial charge in [-0.25, -0.2) is 4.39 Å². The van der Waals surface area contributed by atoms with E-state index in [1.165, 1.54) is 18.0 Å². The van der Waals surface area contributed by atoms with E-state index in [9.17, 15) is 14.0 Å². The molecule has 0 aliphatic rings. The van der Waals surface area contributed by atoms with Crippen LogP contribution in [0.4, 0.5) is 4.39 Å². The zero-order chi connectivity index (χ0) is 22.9. The molecule has 166 valence electrons. The van der Waals surface area contributed by atoms with Crippen molar-refractivity contribution >= 4 is 23.4 Å². The van der Waals surface area contributed by atoms with Gasteiger partial charge in [0.1, 0.15) is 17.6 Å². The van der Waals surface area contributed by atoms with E-state index in [2.05, 4.69) is 5.32 Å². The molecule has 3 aromatic rings. The molecule has 0 saturated heterocycles. The molecule has 2 amide bonds. The van der Waals surface area contributed by atoms with E-state index in [1.807, 2.05) is 30.3 Å². The minimum absolute atomic E-state index is 0.0741. The number of halogens is 2. The van der Waals surface area contributed by atoms with Crippen molar-refractivity contribution in [2.45, 2.75) is 19.0 Å². The molecule has 0 aliphatic heterocycles. The van der Waals surface area contributed by atoms with E-state index < -0.39 is 17.8 Å². The number of nitrogens with one attached hydrogen (secondary N) is 1. The van der Waals surface area contributed by atoms with Crippen molar-refractivity contribution in [3.63, 3.8) is 0 Å². The predicted molar refractivity (Wildman–Crippen MR) is 122 cm³/mol. The Morgan fingerprint density at radius 2 is 1.75 bits per heavy atom. The SMILES string of the molecule is CNC(=O)[C@H](Cc1ccccc1)N(Cc1ccccc1F)C(=O)COc1cccc(Cl)c1. The van der Waals surface area contributed by atoms with E-state index in [0.29, 0.717) is 16.3 Å². The van der Waals surface area contributed by atoms with Gasteiger partial charge in [-0.05, 0) is 29.8 Å². The lowest BCUT2D eigenvalue weighted by Gasteiger charge is -2.31. The second kappa shape index (κ2) is 11.3. The van der Waals surface area contributed by atoms with E-state index >= 15 is 0 Å². The molecule has 3 aromatic carbocycles. The zero-order valence-corrected chi connectivity index (χ0v) is 18.4. The summed E-state index contributed by atoms with van der Waals surface area (Å²) in [5.74, 6) is -0.813. The van der Waals surface area contributed by atoms with Crippen molar-refractivity contribution in [2.24, 2.45) is 0 Å². The van der Waals surface area contributed by atoms with Crippen LogP contribution >= 0.6 is 11.6 Å². The number of carbonyl (C=O) groups excluding carboxylic acids is 2. The predicted octanol–water partition coefficient (Wildman–Crippen LogP) is 4.24. The lowest BCUT2D eigenvalue weighted by atomic mass is 10.0. The molecule has 0 bridgehead atoms. The number of hydrogen-bond acceptors (Lipinski definition) is 3. The molecule has 0 fully saturated rings. The van der Waals surface area contributed by atoms with Crippen molar-refractivity contribution in [1.29, 1.82) is 0 Å². The number of hydrogen-bond donors (Lipinski definition) is 1. The summed E-state index contributed by atoms with van der Waals surface area (Å²) in [4.78, 5) is 27.4. The fourth-order valence-corrected chi connectivity index (χ4v) is 3.50. The van der Waals surface area contributed by atoms with Crippen molar-refractivity contribution in [2.75, 3.05) is 13.7 Å². The third-order valence-corrected chi connectivity index (χ3v) is 5.21. The molecule has 0 unspecified atom stereocenters. The summed E-state index contributed by atoms with van der Waals surface area (Å²) >= 11 is 5.98. The lowest BCUT2D eigenvalue weighted by molar-refractivity contribution is -0.142. The van der Waals surface area contributed by atoms with Gasteiger partial charge < -0.3 is 15.0 Å². The Bertz CT molecular complexity index is 1060. The molecule has 7 heteroatoms. The van der Waals surface area contributed by atoms with Crippen LogP contribution in [0, 0.1) is 5.82 Å². The Hall–Kier alpha value is -3.38. The molecule has 0 heterocycles. The molecule has 3 rings (SSSR count). The first-order valence-corrected chi connectivity index (χ1v) is 10.5. The highest BCUT2D eigenvalue weighted by molar-refractivity contribution is 6.30. The van der Waals surface area contributed by atoms with Gasteiger partial charge in [0.25, 0.3) is 5.91 Å². The Balaban J connectivity index is 1.88. The molecule has 0 spiro atoms. The van der Waals surface area contributed by atoms with Gasteiger partial charge >= 0.3 is 0 Å². The van der Waals surface area contributed by atoms with Crippen molar-refractivity contribution in [3.05, 3.63) is 101 Å². The van der Waals surface area contributed by atoms with Gasteiger partial charge in [0, 0.05) is 30.6 Å². The Morgan fingerprint density at radius 1 is 1.03 bits per heavy atom. The number of amides is 2. The molecule has 5 nitrogen and oxygen atoms in total. The Morgan fingerprint density at radius 3 is 2.44 bits per heavy atom. The molecule has 1 N–H and O–H groups in total. The fraction of sp³-hybridized carbons (Fsp3) is 0.200. The summed E-state index contributed by atoms with van der Waals surface area (Å²) in [5, 5.41) is 3.09. The van der Waals surface area contributed by atoms with Gasteiger partial charge in [-0.1, -0.05) is 66.2 Å². The number of nitrogens with zero attached hydrogens (tertiary/aromatic N) is 1. The summed E-state index contributed by atoms with van der Waals surface area (Å²) in [6.07, 6.45) is 0.276. The van der Waals surface area contributed by atoms with E-state index in [4.69, 9.17) is 16.3 Å². The van der Waals surface area contributed by atoms with Crippen LogP contribution < -0.4 is 10.1 Å². The van der Waals surface area contributed by atoms with Crippen LogP contribution in [0.25, 0.3) is 0 Å². The summed E-state index contributed by atoms with van der Waals surface area (Å²) < 4.78 is 20.0. The molecule has 0 radical (unpaired) electrons. The highest BCUT2D eigenvalue weighted by Gasteiger charge is 2.30. The largest absolute Gasteiger partial charge is 0.484 e. The van der Waals surface area contributed by atoms with Gasteiger partial charge in [-0.15, -0.1) is 0 Å². The molecule has 32 heavy (non-hydrogen) atoms. The summed E-state index contributed by atoms with van der Waals surface area (Å²) in [7, 11) is 1.51. The second-order valence-electron chi connectivity index (χ2n) is 7.18. The minimum Gasteiger partial charge on any atom is -0.484 e. The van der Waals surface area contributed by atoms with Gasteiger partial charge in [-0.2, -0.15) is 0 Å². The van der Waals surface area contributed by atoms with Crippen LogP contribution in [0.2, 0.25) is 5.02 Å². The normalized spacial score (nSPS) is 11.5. The molecule has 1 atom stereocenters. The van der Waals surface area contributed by atoms with Crippen molar-refractivity contribution in [1.82, 2.24) is 10.2 Å². The molecule has 0 aromatic heterocycles. The maximum absolute atomic E-state index is 14.4. The number of benzene rings is 3. The third kappa shape index (κ3) is 6.31. The first-order chi connectivity index (χ1) is 15.5. The average molecular weight is 455 g/mol. The zero-order valence-electron chi connectivity index (χ0n) is 17.6. The standard InChI is InChI=1S/C25H24ClFN2O3/c1-28-25(31)23(14-18-8-3-2-4-9-18)29(16-19-10-5-6-13-22(19)27)24(30)17-32-21-12-7-11-20(26)15-21/h2-13,15,23H,14,16-17H2,1H3,(H,28,31)/t23-/m0/s1. The monoisotopic (exact) mass is 454 g/mol. The molecule has 0 aliphatic carbocycles. The third-order valence-electron chi connectivity index (χ3n) is 4.97. The van der Waals surface area contributed by atoms with Crippen LogP contribution in [-0.4, -0.2) is 36.4 Å². The number of ether oxygens (including phenoxy) is 1. The molecular weight excluding hydrogens is 431 g/mol. The maximum atomic E-state index is 14.4. The van der Waals surface area contributed by atoms with E-state index in [1.54, 1.807) is 42.5 Å². The number of carbonyl (C=O) groups is 2. The number of rotatable bonds is 9. The van der Waals surface area contributed by atoms with Crippen molar-refractivity contribution < 1.29 is 18.7 Å². The average Bonchev–Trinajstić information content (AvgIpc) is 2.81. The first-order valence-electron chi connectivity index (χ1n) is 10.1. The first kappa shape index (κ1) is 23.3. The van der Waals surface area contributed by atoms with Crippen LogP contribution in [0.5, 0.6) is 5.75 Å². The molecular formula is C25H24ClFN2O3. The van der Waals surface area contributed by atoms with Crippen LogP contribution in [0.3, 0.4) is 0 Å². The van der Waals surface area contributed by atoms with Crippen LogP contribution in [0.1, 0.15) is 11.1 Å². The van der Waals surface area contributed by atoms with E-state index in [-0.39, 0.29) is 25.5 Å². The highest BCUT2D eigenvalue weighted by Crippen LogP contribution is 2.19. The van der Waals surface area contributed by atoms with Crippen LogP contribution in [0.15, 0.2) is 78.9 Å². The van der Waals surface area contributed by atoms with E-state index in [0.717, 1.165) is 5.56 Å². The van der Waals surface area contributed by atoms with Gasteiger partial charge in [0.15, 0.2) is 6.61 Å². The number of likely N-dealkylation sites (N-methyl/N-ethyl adjacent to an activating group) is 1. The Labute approximate surface area is 191 Å².